The molecule has 5 nitrogen and oxygen atoms in total. The molecule has 1 heterocycles. The number of hydrogen-bond donors (Lipinski definition) is 2. The Hall–Kier alpha value is -2.14. The van der Waals surface area contributed by atoms with Gasteiger partial charge in [0.05, 0.1) is 0 Å². The molecule has 5 heteroatoms. The smallest absolute Gasteiger partial charge is 0.328 e. The normalized spacial score (nSPS) is 21.6. The number of ether oxygens (including phenoxy) is 1. The van der Waals surface area contributed by atoms with Gasteiger partial charge in [-0.05, 0) is 56.0 Å². The number of carbonyl (C=O) groups excluding carboxylic acids is 1. The molecule has 0 spiro atoms. The fourth-order valence-corrected chi connectivity index (χ4v) is 2.31. The van der Waals surface area contributed by atoms with Gasteiger partial charge in [-0.2, -0.15) is 0 Å². The second kappa shape index (κ2) is 6.10. The Kier molecular flexibility index (Phi) is 4.43. The quantitative estimate of drug-likeness (QED) is 0.835. The van der Waals surface area contributed by atoms with Crippen LogP contribution in [0.1, 0.15) is 30.9 Å². The molecule has 1 aliphatic heterocycles. The lowest BCUT2D eigenvalue weighted by Crippen LogP contribution is -2.39. The highest BCUT2D eigenvalue weighted by Crippen LogP contribution is 2.27. The van der Waals surface area contributed by atoms with Crippen LogP contribution in [0.25, 0.3) is 6.08 Å². The van der Waals surface area contributed by atoms with Crippen molar-refractivity contribution in [1.29, 1.82) is 0 Å². The minimum absolute atomic E-state index is 0.142. The van der Waals surface area contributed by atoms with Crippen LogP contribution in [0.3, 0.4) is 0 Å². The van der Waals surface area contributed by atoms with Crippen molar-refractivity contribution in [2.45, 2.75) is 32.3 Å². The van der Waals surface area contributed by atoms with E-state index < -0.39 is 11.6 Å². The molecule has 0 saturated carbocycles. The largest absolute Gasteiger partial charge is 0.478 e. The van der Waals surface area contributed by atoms with Gasteiger partial charge in [0.15, 0.2) is 0 Å². The van der Waals surface area contributed by atoms with E-state index in [9.17, 15) is 9.59 Å². The predicted octanol–water partition coefficient (Wildman–Crippen LogP) is 2.60. The third-order valence-corrected chi connectivity index (χ3v) is 3.62. The molecule has 0 radical (unpaired) electrons. The first-order chi connectivity index (χ1) is 9.90. The van der Waals surface area contributed by atoms with Crippen LogP contribution in [-0.4, -0.2) is 29.2 Å². The number of benzene rings is 1. The molecule has 0 bridgehead atoms. The maximum atomic E-state index is 12.3. The SMILES string of the molecule is Cc1cc(/C=C/C(=O)O)ccc1NC(=O)C1(C)CCCO1. The third-order valence-electron chi connectivity index (χ3n) is 3.62. The van der Waals surface area contributed by atoms with Gasteiger partial charge in [0.25, 0.3) is 5.91 Å². The summed E-state index contributed by atoms with van der Waals surface area (Å²) in [6, 6.07) is 5.36. The van der Waals surface area contributed by atoms with Gasteiger partial charge < -0.3 is 15.2 Å². The highest BCUT2D eigenvalue weighted by atomic mass is 16.5. The molecule has 1 aromatic carbocycles. The first-order valence-electron chi connectivity index (χ1n) is 6.88. The number of anilines is 1. The lowest BCUT2D eigenvalue weighted by molar-refractivity contribution is -0.133. The molecule has 2 rings (SSSR count). The van der Waals surface area contributed by atoms with Crippen molar-refractivity contribution in [3.8, 4) is 0 Å². The van der Waals surface area contributed by atoms with Gasteiger partial charge in [-0.3, -0.25) is 4.79 Å². The van der Waals surface area contributed by atoms with E-state index in [2.05, 4.69) is 5.32 Å². The van der Waals surface area contributed by atoms with Crippen molar-refractivity contribution in [2.75, 3.05) is 11.9 Å². The van der Waals surface area contributed by atoms with Crippen LogP contribution in [0.5, 0.6) is 0 Å². The molecule has 1 aliphatic rings. The summed E-state index contributed by atoms with van der Waals surface area (Å²) in [5.41, 5.74) is 1.60. The van der Waals surface area contributed by atoms with Gasteiger partial charge in [-0.1, -0.05) is 6.07 Å². The third kappa shape index (κ3) is 3.70. The van der Waals surface area contributed by atoms with Gasteiger partial charge >= 0.3 is 5.97 Å². The highest BCUT2D eigenvalue weighted by Gasteiger charge is 2.37. The van der Waals surface area contributed by atoms with E-state index in [-0.39, 0.29) is 5.91 Å². The number of carboxylic acids is 1. The van der Waals surface area contributed by atoms with Gasteiger partial charge in [-0.15, -0.1) is 0 Å². The first-order valence-corrected chi connectivity index (χ1v) is 6.88. The maximum Gasteiger partial charge on any atom is 0.328 e. The average molecular weight is 289 g/mol. The van der Waals surface area contributed by atoms with Crippen LogP contribution in [0, 0.1) is 6.92 Å². The Morgan fingerprint density at radius 3 is 2.76 bits per heavy atom. The maximum absolute atomic E-state index is 12.3. The molecule has 112 valence electrons. The van der Waals surface area contributed by atoms with Crippen molar-refractivity contribution >= 4 is 23.6 Å². The van der Waals surface area contributed by atoms with Crippen LogP contribution >= 0.6 is 0 Å². The summed E-state index contributed by atoms with van der Waals surface area (Å²) in [4.78, 5) is 22.8. The van der Waals surface area contributed by atoms with E-state index in [1.165, 1.54) is 6.08 Å². The fourth-order valence-electron chi connectivity index (χ4n) is 2.31. The second-order valence-electron chi connectivity index (χ2n) is 5.38. The van der Waals surface area contributed by atoms with Crippen molar-refractivity contribution in [3.63, 3.8) is 0 Å². The number of rotatable bonds is 4. The molecule has 21 heavy (non-hydrogen) atoms. The second-order valence-corrected chi connectivity index (χ2v) is 5.38. The summed E-state index contributed by atoms with van der Waals surface area (Å²) in [6.45, 7) is 4.28. The fraction of sp³-hybridized carbons (Fsp3) is 0.375. The van der Waals surface area contributed by atoms with E-state index in [1.54, 1.807) is 19.1 Å². The summed E-state index contributed by atoms with van der Waals surface area (Å²) in [5, 5.41) is 11.5. The molecule has 1 unspecified atom stereocenters. The summed E-state index contributed by atoms with van der Waals surface area (Å²) in [6.07, 6.45) is 4.21. The number of hydrogen-bond acceptors (Lipinski definition) is 3. The van der Waals surface area contributed by atoms with Gasteiger partial charge in [0, 0.05) is 18.4 Å². The zero-order valence-corrected chi connectivity index (χ0v) is 12.2. The van der Waals surface area contributed by atoms with E-state index in [0.717, 1.165) is 30.0 Å². The summed E-state index contributed by atoms with van der Waals surface area (Å²) >= 11 is 0. The van der Waals surface area contributed by atoms with Crippen molar-refractivity contribution < 1.29 is 19.4 Å². The molecular formula is C16H19NO4. The Labute approximate surface area is 123 Å². The molecule has 1 atom stereocenters. The van der Waals surface area contributed by atoms with Crippen LogP contribution < -0.4 is 5.32 Å². The number of carbonyl (C=O) groups is 2. The molecule has 1 aromatic rings. The number of carboxylic acid groups (broad SMARTS) is 1. The summed E-state index contributed by atoms with van der Waals surface area (Å²) in [7, 11) is 0. The summed E-state index contributed by atoms with van der Waals surface area (Å²) < 4.78 is 5.51. The molecule has 1 fully saturated rings. The molecular weight excluding hydrogens is 270 g/mol. The van der Waals surface area contributed by atoms with E-state index in [0.29, 0.717) is 12.3 Å². The minimum atomic E-state index is -0.990. The van der Waals surface area contributed by atoms with Crippen molar-refractivity contribution in [1.82, 2.24) is 0 Å². The van der Waals surface area contributed by atoms with Gasteiger partial charge in [-0.25, -0.2) is 4.79 Å². The summed E-state index contributed by atoms with van der Waals surface area (Å²) in [5.74, 6) is -1.13. The Balaban J connectivity index is 2.11. The Morgan fingerprint density at radius 1 is 1.43 bits per heavy atom. The van der Waals surface area contributed by atoms with Crippen LogP contribution in [-0.2, 0) is 14.3 Å². The van der Waals surface area contributed by atoms with Crippen LogP contribution in [0.4, 0.5) is 5.69 Å². The average Bonchev–Trinajstić information content (AvgIpc) is 2.87. The Morgan fingerprint density at radius 2 is 2.19 bits per heavy atom. The Bertz CT molecular complexity index is 586. The molecule has 1 amide bonds. The first kappa shape index (κ1) is 15.3. The number of aliphatic carboxylic acids is 1. The van der Waals surface area contributed by atoms with Crippen molar-refractivity contribution in [3.05, 3.63) is 35.4 Å². The standard InChI is InChI=1S/C16H19NO4/c1-11-10-12(5-7-14(18)19)4-6-13(11)17-15(20)16(2)8-3-9-21-16/h4-7,10H,3,8-9H2,1-2H3,(H,17,20)(H,18,19)/b7-5+. The van der Waals surface area contributed by atoms with E-state index in [4.69, 9.17) is 9.84 Å². The highest BCUT2D eigenvalue weighted by molar-refractivity contribution is 5.98. The van der Waals surface area contributed by atoms with Gasteiger partial charge in [0.1, 0.15) is 5.60 Å². The zero-order valence-electron chi connectivity index (χ0n) is 12.2. The van der Waals surface area contributed by atoms with Gasteiger partial charge in [0.2, 0.25) is 0 Å². The number of aryl methyl sites for hydroxylation is 1. The zero-order chi connectivity index (χ0) is 15.5. The van der Waals surface area contributed by atoms with E-state index in [1.807, 2.05) is 13.0 Å². The number of amides is 1. The topological polar surface area (TPSA) is 75.6 Å². The minimum Gasteiger partial charge on any atom is -0.478 e. The lowest BCUT2D eigenvalue weighted by Gasteiger charge is -2.22. The molecule has 0 aliphatic carbocycles. The lowest BCUT2D eigenvalue weighted by atomic mass is 10.0. The van der Waals surface area contributed by atoms with Crippen LogP contribution in [0.2, 0.25) is 0 Å². The molecule has 0 aromatic heterocycles. The number of nitrogens with one attached hydrogen (secondary N) is 1. The predicted molar refractivity (Wildman–Crippen MR) is 80.1 cm³/mol. The molecule has 1 saturated heterocycles. The van der Waals surface area contributed by atoms with Crippen molar-refractivity contribution in [2.24, 2.45) is 0 Å². The van der Waals surface area contributed by atoms with E-state index >= 15 is 0 Å². The van der Waals surface area contributed by atoms with Crippen LogP contribution in [0.15, 0.2) is 24.3 Å². The molecule has 2 N–H and O–H groups in total. The monoisotopic (exact) mass is 289 g/mol.